The molecule has 1 fully saturated rings. The fourth-order valence-corrected chi connectivity index (χ4v) is 3.63. The van der Waals surface area contributed by atoms with Crippen LogP contribution in [0.15, 0.2) is 54.9 Å². The smallest absolute Gasteiger partial charge is 0.261 e. The molecule has 22 heavy (non-hydrogen) atoms. The van der Waals surface area contributed by atoms with Crippen LogP contribution in [0, 0.1) is 0 Å². The first-order valence-corrected chi connectivity index (χ1v) is 8.07. The van der Waals surface area contributed by atoms with Crippen molar-refractivity contribution in [1.82, 2.24) is 9.88 Å². The van der Waals surface area contributed by atoms with Crippen molar-refractivity contribution >= 4 is 40.0 Å². The number of hydrogen-bond donors (Lipinski definition) is 0. The van der Waals surface area contributed by atoms with Gasteiger partial charge in [-0.05, 0) is 12.1 Å². The van der Waals surface area contributed by atoms with E-state index >= 15 is 0 Å². The van der Waals surface area contributed by atoms with Crippen molar-refractivity contribution in [3.8, 4) is 0 Å². The second-order valence-corrected chi connectivity index (χ2v) is 6.39. The Morgan fingerprint density at radius 1 is 1.14 bits per heavy atom. The Labute approximate surface area is 137 Å². The van der Waals surface area contributed by atoms with Crippen molar-refractivity contribution in [2.24, 2.45) is 0 Å². The lowest BCUT2D eigenvalue weighted by molar-refractivity contribution is 0.0753. The number of thioether (sulfide) groups is 1. The molecule has 110 valence electrons. The number of nitrogens with zero attached hydrogens (tertiary/aromatic N) is 2. The zero-order valence-electron chi connectivity index (χ0n) is 11.5. The Kier molecular flexibility index (Phi) is 4.31. The quantitative estimate of drug-likeness (QED) is 0.640. The van der Waals surface area contributed by atoms with Crippen molar-refractivity contribution in [2.75, 3.05) is 5.75 Å². The number of rotatable bonds is 3. The monoisotopic (exact) mass is 328 g/mol. The summed E-state index contributed by atoms with van der Waals surface area (Å²) in [6.07, 6.45) is 3.08. The van der Waals surface area contributed by atoms with Crippen LogP contribution >= 0.6 is 24.0 Å². The van der Waals surface area contributed by atoms with Crippen LogP contribution < -0.4 is 0 Å². The van der Waals surface area contributed by atoms with Gasteiger partial charge in [0.2, 0.25) is 0 Å². The molecule has 1 saturated heterocycles. The highest BCUT2D eigenvalue weighted by Crippen LogP contribution is 2.28. The van der Waals surface area contributed by atoms with Crippen molar-refractivity contribution in [2.45, 2.75) is 6.04 Å². The van der Waals surface area contributed by atoms with Crippen molar-refractivity contribution in [3.63, 3.8) is 0 Å². The molecular weight excluding hydrogens is 316 g/mol. The van der Waals surface area contributed by atoms with Gasteiger partial charge in [-0.25, -0.2) is 0 Å². The van der Waals surface area contributed by atoms with Gasteiger partial charge in [0.25, 0.3) is 5.91 Å². The highest BCUT2D eigenvalue weighted by atomic mass is 32.2. The van der Waals surface area contributed by atoms with Crippen LogP contribution in [-0.4, -0.2) is 37.7 Å². The standard InChI is InChI=1S/C16H12N2O2S2/c19-14(11-5-2-1-3-6-11)13-10-22-16(21)18(13)15(20)12-7-4-8-17-9-12/h1-9,13H,10H2/t13-/m1/s1. The van der Waals surface area contributed by atoms with Gasteiger partial charge < -0.3 is 0 Å². The van der Waals surface area contributed by atoms with Crippen LogP contribution in [0.25, 0.3) is 0 Å². The number of benzene rings is 1. The van der Waals surface area contributed by atoms with Gasteiger partial charge in [-0.15, -0.1) is 0 Å². The minimum absolute atomic E-state index is 0.0924. The molecule has 6 heteroatoms. The summed E-state index contributed by atoms with van der Waals surface area (Å²) in [5, 5.41) is 0. The molecule has 2 heterocycles. The van der Waals surface area contributed by atoms with E-state index < -0.39 is 6.04 Å². The van der Waals surface area contributed by atoms with Gasteiger partial charge in [0.1, 0.15) is 10.4 Å². The lowest BCUT2D eigenvalue weighted by Gasteiger charge is -2.22. The molecule has 4 nitrogen and oxygen atoms in total. The topological polar surface area (TPSA) is 50.3 Å². The van der Waals surface area contributed by atoms with Crippen LogP contribution in [-0.2, 0) is 0 Å². The second kappa shape index (κ2) is 6.37. The van der Waals surface area contributed by atoms with Crippen LogP contribution in [0.1, 0.15) is 20.7 Å². The average Bonchev–Trinajstić information content (AvgIpc) is 2.96. The largest absolute Gasteiger partial charge is 0.292 e. The van der Waals surface area contributed by atoms with Gasteiger partial charge >= 0.3 is 0 Å². The molecule has 1 aromatic heterocycles. The Balaban J connectivity index is 1.90. The Hall–Kier alpha value is -2.05. The number of Topliss-reactive ketones (excluding diaryl/α,β-unsaturated/α-hetero) is 1. The molecule has 0 unspecified atom stereocenters. The lowest BCUT2D eigenvalue weighted by atomic mass is 10.0. The fraction of sp³-hybridized carbons (Fsp3) is 0.125. The van der Waals surface area contributed by atoms with Crippen LogP contribution in [0.2, 0.25) is 0 Å². The third-order valence-electron chi connectivity index (χ3n) is 3.36. The van der Waals surface area contributed by atoms with E-state index in [1.54, 1.807) is 42.6 Å². The highest BCUT2D eigenvalue weighted by Gasteiger charge is 2.39. The summed E-state index contributed by atoms with van der Waals surface area (Å²) >= 11 is 6.61. The summed E-state index contributed by atoms with van der Waals surface area (Å²) in [6, 6.07) is 11.8. The van der Waals surface area contributed by atoms with Crippen molar-refractivity contribution < 1.29 is 9.59 Å². The van der Waals surface area contributed by atoms with Gasteiger partial charge in [0.15, 0.2) is 5.78 Å². The molecule has 1 aliphatic heterocycles. The normalized spacial score (nSPS) is 17.5. The van der Waals surface area contributed by atoms with Crippen molar-refractivity contribution in [3.05, 3.63) is 66.0 Å². The number of hydrogen-bond acceptors (Lipinski definition) is 5. The number of thiocarbonyl (C=S) groups is 1. The van der Waals surface area contributed by atoms with Gasteiger partial charge in [0, 0.05) is 23.7 Å². The summed E-state index contributed by atoms with van der Waals surface area (Å²) in [4.78, 5) is 30.6. The number of aromatic nitrogens is 1. The Morgan fingerprint density at radius 3 is 2.55 bits per heavy atom. The number of ketones is 1. The van der Waals surface area contributed by atoms with Crippen LogP contribution in [0.5, 0.6) is 0 Å². The average molecular weight is 328 g/mol. The maximum Gasteiger partial charge on any atom is 0.261 e. The minimum atomic E-state index is -0.562. The molecule has 1 atom stereocenters. The highest BCUT2D eigenvalue weighted by molar-refractivity contribution is 8.23. The molecule has 0 aliphatic carbocycles. The third-order valence-corrected chi connectivity index (χ3v) is 4.84. The van der Waals surface area contributed by atoms with Gasteiger partial charge in [-0.2, -0.15) is 0 Å². The Morgan fingerprint density at radius 2 is 1.86 bits per heavy atom. The minimum Gasteiger partial charge on any atom is -0.292 e. The summed E-state index contributed by atoms with van der Waals surface area (Å²) < 4.78 is 0.433. The molecule has 0 spiro atoms. The zero-order chi connectivity index (χ0) is 15.5. The van der Waals surface area contributed by atoms with Crippen molar-refractivity contribution in [1.29, 1.82) is 0 Å². The van der Waals surface area contributed by atoms with E-state index in [9.17, 15) is 9.59 Å². The van der Waals surface area contributed by atoms with Gasteiger partial charge in [-0.1, -0.05) is 54.3 Å². The van der Waals surface area contributed by atoms with E-state index in [1.165, 1.54) is 22.9 Å². The lowest BCUT2D eigenvalue weighted by Crippen LogP contribution is -2.43. The molecule has 1 amide bonds. The molecule has 1 aliphatic rings. The van der Waals surface area contributed by atoms with Gasteiger partial charge in [0.05, 0.1) is 5.56 Å². The first kappa shape index (κ1) is 14.9. The predicted octanol–water partition coefficient (Wildman–Crippen LogP) is 2.81. The maximum absolute atomic E-state index is 12.7. The fourth-order valence-electron chi connectivity index (χ4n) is 2.26. The zero-order valence-corrected chi connectivity index (χ0v) is 13.1. The SMILES string of the molecule is O=C(c1ccccc1)[C@H]1CSC(=S)N1C(=O)c1cccnc1. The van der Waals surface area contributed by atoms with E-state index in [0.717, 1.165) is 0 Å². The molecule has 0 N–H and O–H groups in total. The van der Waals surface area contributed by atoms with Crippen LogP contribution in [0.3, 0.4) is 0 Å². The number of pyridine rings is 1. The Bertz CT molecular complexity index is 719. The van der Waals surface area contributed by atoms with Crippen LogP contribution in [0.4, 0.5) is 0 Å². The first-order chi connectivity index (χ1) is 10.7. The summed E-state index contributed by atoms with van der Waals surface area (Å²) in [5.41, 5.74) is 1.01. The molecule has 0 radical (unpaired) electrons. The van der Waals surface area contributed by atoms with E-state index in [1.807, 2.05) is 6.07 Å². The van der Waals surface area contributed by atoms with E-state index in [-0.39, 0.29) is 11.7 Å². The first-order valence-electron chi connectivity index (χ1n) is 6.68. The third kappa shape index (κ3) is 2.80. The molecule has 0 saturated carbocycles. The predicted molar refractivity (Wildman–Crippen MR) is 90.0 cm³/mol. The van der Waals surface area contributed by atoms with Gasteiger partial charge in [-0.3, -0.25) is 19.5 Å². The summed E-state index contributed by atoms with van der Waals surface area (Å²) in [5.74, 6) is 0.112. The molecule has 3 rings (SSSR count). The van der Waals surface area contributed by atoms with E-state index in [0.29, 0.717) is 21.2 Å². The molecule has 0 bridgehead atoms. The maximum atomic E-state index is 12.7. The number of amides is 1. The van der Waals surface area contributed by atoms with E-state index in [2.05, 4.69) is 4.98 Å². The molecule has 2 aromatic rings. The molecular formula is C16H12N2O2S2. The second-order valence-electron chi connectivity index (χ2n) is 4.74. The van der Waals surface area contributed by atoms with E-state index in [4.69, 9.17) is 12.2 Å². The summed E-state index contributed by atoms with van der Waals surface area (Å²) in [7, 11) is 0. The summed E-state index contributed by atoms with van der Waals surface area (Å²) in [6.45, 7) is 0. The molecule has 1 aromatic carbocycles. The number of carbonyl (C=O) groups excluding carboxylic acids is 2. The number of carbonyl (C=O) groups is 2.